The summed E-state index contributed by atoms with van der Waals surface area (Å²) in [5, 5.41) is 2.49. The summed E-state index contributed by atoms with van der Waals surface area (Å²) in [6.45, 7) is 13.8. The van der Waals surface area contributed by atoms with E-state index < -0.39 is 0 Å². The number of benzene rings is 9. The summed E-state index contributed by atoms with van der Waals surface area (Å²) in [7, 11) is 0. The SMILES string of the molecule is CC(C)(C)c1ccc2c(c1)c1cc(C(C)(C)C)ccc1n2-c1c(-c2ccccc2)cc(-c2nc(-c3ccccc3)nc(-c3cc(-c4ccccc4)cc(-c4ccccc4)c3)n2)cc1-c1ccccc1. The third-order valence-corrected chi connectivity index (χ3v) is 13.3. The van der Waals surface area contributed by atoms with Crippen molar-refractivity contribution in [1.82, 2.24) is 19.5 Å². The number of fused-ring (bicyclic) bond motifs is 3. The van der Waals surface area contributed by atoms with Crippen LogP contribution in [0.25, 0.3) is 106 Å². The van der Waals surface area contributed by atoms with Crippen molar-refractivity contribution in [2.75, 3.05) is 0 Å². The quantitative estimate of drug-likeness (QED) is 0.153. The van der Waals surface area contributed by atoms with E-state index in [9.17, 15) is 0 Å². The van der Waals surface area contributed by atoms with Gasteiger partial charge < -0.3 is 4.57 Å². The molecule has 2 heterocycles. The lowest BCUT2D eigenvalue weighted by Crippen LogP contribution is -2.10. The summed E-state index contributed by atoms with van der Waals surface area (Å²) in [6.07, 6.45) is 0. The molecular weight excluding hydrogens is 837 g/mol. The van der Waals surface area contributed by atoms with Crippen molar-refractivity contribution in [3.05, 3.63) is 230 Å². The van der Waals surface area contributed by atoms with Crippen molar-refractivity contribution in [2.45, 2.75) is 52.4 Å². The molecule has 11 aromatic rings. The molecule has 334 valence electrons. The Hall–Kier alpha value is -8.21. The smallest absolute Gasteiger partial charge is 0.164 e. The van der Waals surface area contributed by atoms with E-state index in [4.69, 9.17) is 15.0 Å². The monoisotopic (exact) mass is 890 g/mol. The van der Waals surface area contributed by atoms with Crippen molar-refractivity contribution < 1.29 is 0 Å². The van der Waals surface area contributed by atoms with Gasteiger partial charge in [0.25, 0.3) is 0 Å². The molecule has 0 unspecified atom stereocenters. The molecule has 0 spiro atoms. The van der Waals surface area contributed by atoms with Gasteiger partial charge in [0.15, 0.2) is 17.5 Å². The molecule has 4 nitrogen and oxygen atoms in total. The van der Waals surface area contributed by atoms with E-state index in [1.165, 1.54) is 21.9 Å². The van der Waals surface area contributed by atoms with E-state index in [-0.39, 0.29) is 10.8 Å². The van der Waals surface area contributed by atoms with E-state index in [2.05, 4.69) is 246 Å². The van der Waals surface area contributed by atoms with Gasteiger partial charge in [-0.1, -0.05) is 205 Å². The molecule has 4 heteroatoms. The maximum Gasteiger partial charge on any atom is 0.164 e. The maximum atomic E-state index is 5.47. The van der Waals surface area contributed by atoms with Crippen molar-refractivity contribution in [1.29, 1.82) is 0 Å². The molecule has 0 amide bonds. The highest BCUT2D eigenvalue weighted by atomic mass is 15.0. The van der Waals surface area contributed by atoms with Gasteiger partial charge in [0, 0.05) is 38.6 Å². The van der Waals surface area contributed by atoms with Crippen LogP contribution in [-0.2, 0) is 10.8 Å². The lowest BCUT2D eigenvalue weighted by Gasteiger charge is -2.22. The Morgan fingerprint density at radius 3 is 0.986 bits per heavy atom. The number of nitrogens with zero attached hydrogens (tertiary/aromatic N) is 4. The Morgan fingerprint density at radius 1 is 0.290 bits per heavy atom. The van der Waals surface area contributed by atoms with Crippen LogP contribution in [-0.4, -0.2) is 19.5 Å². The molecule has 11 rings (SSSR count). The van der Waals surface area contributed by atoms with E-state index in [0.717, 1.165) is 77.9 Å². The highest BCUT2D eigenvalue weighted by molar-refractivity contribution is 6.11. The van der Waals surface area contributed by atoms with Crippen LogP contribution in [0.15, 0.2) is 218 Å². The molecule has 0 atom stereocenters. The third-order valence-electron chi connectivity index (χ3n) is 13.3. The van der Waals surface area contributed by atoms with Gasteiger partial charge in [0.05, 0.1) is 16.7 Å². The lowest BCUT2D eigenvalue weighted by atomic mass is 9.85. The third kappa shape index (κ3) is 8.44. The first-order valence-corrected chi connectivity index (χ1v) is 23.9. The Kier molecular flexibility index (Phi) is 11.0. The molecular formula is C65H54N4. The van der Waals surface area contributed by atoms with Gasteiger partial charge in [-0.15, -0.1) is 0 Å². The minimum Gasteiger partial charge on any atom is -0.308 e. The largest absolute Gasteiger partial charge is 0.308 e. The first kappa shape index (κ1) is 43.4. The standard InChI is InChI=1S/C65H54N4/c1-64(2,3)52-32-34-58-56(41-52)57-42-53(65(4,5)6)33-35-59(57)69(58)60-54(45-26-16-9-17-27-45)39-51(40-55(60)46-28-18-10-19-29-46)63-67-61(47-30-20-11-21-31-47)66-62(68-63)50-37-48(43-22-12-7-13-23-43)36-49(38-50)44-24-14-8-15-25-44/h7-42H,1-6H3. The average Bonchev–Trinajstić information content (AvgIpc) is 3.71. The summed E-state index contributed by atoms with van der Waals surface area (Å²) < 4.78 is 2.51. The van der Waals surface area contributed by atoms with Crippen molar-refractivity contribution >= 4 is 21.8 Å². The Balaban J connectivity index is 1.22. The van der Waals surface area contributed by atoms with Crippen LogP contribution in [0.2, 0.25) is 0 Å². The van der Waals surface area contributed by atoms with Gasteiger partial charge in [0.2, 0.25) is 0 Å². The zero-order valence-electron chi connectivity index (χ0n) is 40.1. The molecule has 9 aromatic carbocycles. The fourth-order valence-corrected chi connectivity index (χ4v) is 9.58. The zero-order chi connectivity index (χ0) is 47.3. The van der Waals surface area contributed by atoms with Crippen LogP contribution in [0.3, 0.4) is 0 Å². The molecule has 69 heavy (non-hydrogen) atoms. The van der Waals surface area contributed by atoms with Gasteiger partial charge in [-0.2, -0.15) is 0 Å². The van der Waals surface area contributed by atoms with E-state index in [1.807, 2.05) is 18.2 Å². The van der Waals surface area contributed by atoms with Crippen LogP contribution in [0, 0.1) is 0 Å². The van der Waals surface area contributed by atoms with Crippen molar-refractivity contribution in [3.8, 4) is 84.4 Å². The van der Waals surface area contributed by atoms with Gasteiger partial charge in [-0.25, -0.2) is 15.0 Å². The fourth-order valence-electron chi connectivity index (χ4n) is 9.58. The minimum atomic E-state index is -0.0235. The number of hydrogen-bond acceptors (Lipinski definition) is 3. The number of aromatic nitrogens is 4. The summed E-state index contributed by atoms with van der Waals surface area (Å²) >= 11 is 0. The molecule has 0 saturated heterocycles. The highest BCUT2D eigenvalue weighted by Crippen LogP contribution is 2.45. The predicted molar refractivity (Wildman–Crippen MR) is 290 cm³/mol. The van der Waals surface area contributed by atoms with Crippen molar-refractivity contribution in [2.24, 2.45) is 0 Å². The Labute approximate surface area is 405 Å². The fraction of sp³-hybridized carbons (Fsp3) is 0.123. The van der Waals surface area contributed by atoms with Gasteiger partial charge in [-0.3, -0.25) is 0 Å². The summed E-state index contributed by atoms with van der Waals surface area (Å²) in [5.74, 6) is 1.81. The molecule has 0 saturated carbocycles. The van der Waals surface area contributed by atoms with E-state index in [0.29, 0.717) is 17.5 Å². The van der Waals surface area contributed by atoms with Gasteiger partial charge >= 0.3 is 0 Å². The first-order valence-electron chi connectivity index (χ1n) is 23.9. The van der Waals surface area contributed by atoms with Crippen LogP contribution in [0.4, 0.5) is 0 Å². The van der Waals surface area contributed by atoms with Crippen LogP contribution in [0.1, 0.15) is 52.7 Å². The average molecular weight is 891 g/mol. The van der Waals surface area contributed by atoms with Crippen LogP contribution >= 0.6 is 0 Å². The maximum absolute atomic E-state index is 5.47. The zero-order valence-corrected chi connectivity index (χ0v) is 40.1. The second-order valence-electron chi connectivity index (χ2n) is 20.2. The Bertz CT molecular complexity index is 3450. The second kappa shape index (κ2) is 17.5. The number of hydrogen-bond donors (Lipinski definition) is 0. The molecule has 0 aliphatic rings. The molecule has 0 radical (unpaired) electrons. The summed E-state index contributed by atoms with van der Waals surface area (Å²) in [4.78, 5) is 16.1. The summed E-state index contributed by atoms with van der Waals surface area (Å²) in [6, 6.07) is 78.3. The lowest BCUT2D eigenvalue weighted by molar-refractivity contribution is 0.590. The molecule has 0 fully saturated rings. The molecule has 0 aliphatic heterocycles. The van der Waals surface area contributed by atoms with Gasteiger partial charge in [-0.05, 0) is 110 Å². The predicted octanol–water partition coefficient (Wildman–Crippen LogP) is 17.2. The summed E-state index contributed by atoms with van der Waals surface area (Å²) in [5.41, 5.74) is 17.5. The molecule has 0 N–H and O–H groups in total. The van der Waals surface area contributed by atoms with E-state index >= 15 is 0 Å². The second-order valence-corrected chi connectivity index (χ2v) is 20.2. The normalized spacial score (nSPS) is 11.9. The molecule has 0 aliphatic carbocycles. The Morgan fingerprint density at radius 2 is 0.609 bits per heavy atom. The topological polar surface area (TPSA) is 43.6 Å². The first-order chi connectivity index (χ1) is 33.5. The van der Waals surface area contributed by atoms with Crippen molar-refractivity contribution in [3.63, 3.8) is 0 Å². The number of rotatable bonds is 8. The molecule has 0 bridgehead atoms. The molecule has 2 aromatic heterocycles. The highest BCUT2D eigenvalue weighted by Gasteiger charge is 2.26. The van der Waals surface area contributed by atoms with Gasteiger partial charge in [0.1, 0.15) is 0 Å². The minimum absolute atomic E-state index is 0.0235. The van der Waals surface area contributed by atoms with Crippen LogP contribution in [0.5, 0.6) is 0 Å². The van der Waals surface area contributed by atoms with Crippen LogP contribution < -0.4 is 0 Å². The van der Waals surface area contributed by atoms with E-state index in [1.54, 1.807) is 0 Å².